The van der Waals surface area contributed by atoms with E-state index in [0.717, 1.165) is 41.6 Å². The number of imidazole rings is 1. The van der Waals surface area contributed by atoms with Crippen molar-refractivity contribution in [1.29, 1.82) is 0 Å². The maximum Gasteiger partial charge on any atom is 0.169 e. The fourth-order valence-electron chi connectivity index (χ4n) is 2.99. The molecule has 1 aliphatic heterocycles. The molecule has 0 amide bonds. The Bertz CT molecular complexity index is 814. The largest absolute Gasteiger partial charge is 0.497 e. The molecule has 5 heteroatoms. The Morgan fingerprint density at radius 2 is 2.14 bits per heavy atom. The van der Waals surface area contributed by atoms with Crippen molar-refractivity contribution >= 4 is 22.8 Å². The lowest BCUT2D eigenvalue weighted by molar-refractivity contribution is 0.414. The zero-order chi connectivity index (χ0) is 14.9. The van der Waals surface area contributed by atoms with E-state index in [1.165, 1.54) is 16.6 Å². The van der Waals surface area contributed by atoms with Gasteiger partial charge in [0.25, 0.3) is 0 Å². The third kappa shape index (κ3) is 2.35. The van der Waals surface area contributed by atoms with Crippen LogP contribution in [0.25, 0.3) is 11.0 Å². The minimum Gasteiger partial charge on any atom is -0.497 e. The van der Waals surface area contributed by atoms with Crippen molar-refractivity contribution in [2.45, 2.75) is 30.3 Å². The summed E-state index contributed by atoms with van der Waals surface area (Å²) in [6, 6.07) is 8.30. The normalized spacial score (nSPS) is 13.5. The van der Waals surface area contributed by atoms with Gasteiger partial charge in [0.1, 0.15) is 5.75 Å². The summed E-state index contributed by atoms with van der Waals surface area (Å²) >= 11 is 1.79. The molecule has 2 aromatic heterocycles. The standard InChI is InChI=1S/C17H17N3OS/c1-21-14-9-13-3-2-8-20-16(13)15(10-14)19-17(20)22-11-12-4-6-18-7-5-12/h4-7,9-10H,2-3,8,11H2,1H3. The maximum absolute atomic E-state index is 5.40. The molecular weight excluding hydrogens is 294 g/mol. The monoisotopic (exact) mass is 311 g/mol. The number of rotatable bonds is 4. The van der Waals surface area contributed by atoms with Crippen LogP contribution in [-0.4, -0.2) is 21.6 Å². The highest BCUT2D eigenvalue weighted by atomic mass is 32.2. The molecule has 1 aromatic carbocycles. The van der Waals surface area contributed by atoms with Crippen LogP contribution in [-0.2, 0) is 18.7 Å². The van der Waals surface area contributed by atoms with E-state index < -0.39 is 0 Å². The SMILES string of the molecule is COc1cc2c3c(c1)nc(SCc1ccncc1)n3CCC2. The minimum atomic E-state index is 0.903. The first-order valence-corrected chi connectivity index (χ1v) is 8.42. The van der Waals surface area contributed by atoms with Gasteiger partial charge in [0.15, 0.2) is 5.16 Å². The van der Waals surface area contributed by atoms with E-state index in [9.17, 15) is 0 Å². The number of thioether (sulfide) groups is 1. The van der Waals surface area contributed by atoms with Crippen molar-refractivity contribution in [2.24, 2.45) is 0 Å². The van der Waals surface area contributed by atoms with Gasteiger partial charge in [-0.3, -0.25) is 4.98 Å². The van der Waals surface area contributed by atoms with E-state index in [1.54, 1.807) is 18.9 Å². The van der Waals surface area contributed by atoms with Crippen molar-refractivity contribution in [3.8, 4) is 5.75 Å². The highest BCUT2D eigenvalue weighted by Crippen LogP contribution is 2.34. The molecule has 22 heavy (non-hydrogen) atoms. The molecule has 0 fully saturated rings. The number of nitrogens with zero attached hydrogens (tertiary/aromatic N) is 3. The fraction of sp³-hybridized carbons (Fsp3) is 0.294. The van der Waals surface area contributed by atoms with Crippen LogP contribution in [0, 0.1) is 0 Å². The summed E-state index contributed by atoms with van der Waals surface area (Å²) in [5, 5.41) is 1.10. The van der Waals surface area contributed by atoms with E-state index in [4.69, 9.17) is 9.72 Å². The van der Waals surface area contributed by atoms with Gasteiger partial charge in [-0.15, -0.1) is 0 Å². The second-order valence-corrected chi connectivity index (χ2v) is 6.39. The molecule has 112 valence electrons. The van der Waals surface area contributed by atoms with Crippen LogP contribution < -0.4 is 4.74 Å². The molecule has 0 saturated heterocycles. The quantitative estimate of drug-likeness (QED) is 0.689. The molecule has 0 aliphatic carbocycles. The number of aromatic nitrogens is 3. The van der Waals surface area contributed by atoms with Crippen molar-refractivity contribution in [2.75, 3.05) is 7.11 Å². The smallest absolute Gasteiger partial charge is 0.169 e. The molecule has 0 radical (unpaired) electrons. The number of benzene rings is 1. The summed E-state index contributed by atoms with van der Waals surface area (Å²) in [6.07, 6.45) is 5.94. The van der Waals surface area contributed by atoms with Crippen LogP contribution in [0.5, 0.6) is 5.75 Å². The second-order valence-electron chi connectivity index (χ2n) is 5.45. The van der Waals surface area contributed by atoms with Gasteiger partial charge in [0.2, 0.25) is 0 Å². The third-order valence-corrected chi connectivity index (χ3v) is 5.09. The maximum atomic E-state index is 5.40. The van der Waals surface area contributed by atoms with Crippen LogP contribution >= 0.6 is 11.8 Å². The third-order valence-electron chi connectivity index (χ3n) is 4.04. The van der Waals surface area contributed by atoms with Gasteiger partial charge >= 0.3 is 0 Å². The summed E-state index contributed by atoms with van der Waals surface area (Å²) in [6.45, 7) is 1.05. The first-order chi connectivity index (χ1) is 10.8. The number of methoxy groups -OCH3 is 1. The molecule has 0 bridgehead atoms. The molecule has 0 saturated carbocycles. The average Bonchev–Trinajstić information content (AvgIpc) is 2.93. The predicted octanol–water partition coefficient (Wildman–Crippen LogP) is 3.68. The number of aryl methyl sites for hydroxylation is 2. The van der Waals surface area contributed by atoms with E-state index in [-0.39, 0.29) is 0 Å². The molecule has 3 aromatic rings. The van der Waals surface area contributed by atoms with Crippen LogP contribution in [0.4, 0.5) is 0 Å². The van der Waals surface area contributed by atoms with Crippen LogP contribution in [0.15, 0.2) is 41.8 Å². The van der Waals surface area contributed by atoms with Gasteiger partial charge in [0.05, 0.1) is 18.1 Å². The Kier molecular flexibility index (Phi) is 3.50. The molecule has 0 N–H and O–H groups in total. The Hall–Kier alpha value is -2.01. The Labute approximate surface area is 133 Å². The first kappa shape index (κ1) is 13.6. The molecule has 0 atom stereocenters. The first-order valence-electron chi connectivity index (χ1n) is 7.44. The van der Waals surface area contributed by atoms with Gasteiger partial charge < -0.3 is 9.30 Å². The van der Waals surface area contributed by atoms with Gasteiger partial charge in [-0.05, 0) is 42.2 Å². The van der Waals surface area contributed by atoms with Gasteiger partial charge in [0, 0.05) is 30.8 Å². The molecule has 3 heterocycles. The molecule has 4 nitrogen and oxygen atoms in total. The molecule has 1 aliphatic rings. The molecule has 0 spiro atoms. The number of pyridine rings is 1. The molecular formula is C17H17N3OS. The van der Waals surface area contributed by atoms with Crippen molar-refractivity contribution < 1.29 is 4.74 Å². The van der Waals surface area contributed by atoms with Crippen LogP contribution in [0.2, 0.25) is 0 Å². The highest BCUT2D eigenvalue weighted by molar-refractivity contribution is 7.98. The number of hydrogen-bond donors (Lipinski definition) is 0. The topological polar surface area (TPSA) is 39.9 Å². The van der Waals surface area contributed by atoms with Crippen LogP contribution in [0.1, 0.15) is 17.5 Å². The second kappa shape index (κ2) is 5.65. The summed E-state index contributed by atoms with van der Waals surface area (Å²) in [5.41, 5.74) is 4.95. The average molecular weight is 311 g/mol. The van der Waals surface area contributed by atoms with Gasteiger partial charge in [-0.2, -0.15) is 0 Å². The van der Waals surface area contributed by atoms with Gasteiger partial charge in [-0.25, -0.2) is 4.98 Å². The van der Waals surface area contributed by atoms with E-state index >= 15 is 0 Å². The summed E-state index contributed by atoms with van der Waals surface area (Å²) in [5.74, 6) is 1.82. The lowest BCUT2D eigenvalue weighted by Crippen LogP contribution is -2.08. The molecule has 0 unspecified atom stereocenters. The van der Waals surface area contributed by atoms with Crippen molar-refractivity contribution in [3.05, 3.63) is 47.8 Å². The summed E-state index contributed by atoms with van der Waals surface area (Å²) in [7, 11) is 1.72. The zero-order valence-electron chi connectivity index (χ0n) is 12.5. The predicted molar refractivity (Wildman–Crippen MR) is 88.4 cm³/mol. The highest BCUT2D eigenvalue weighted by Gasteiger charge is 2.19. The van der Waals surface area contributed by atoms with E-state index in [2.05, 4.69) is 27.8 Å². The van der Waals surface area contributed by atoms with Crippen molar-refractivity contribution in [1.82, 2.24) is 14.5 Å². The fourth-order valence-corrected chi connectivity index (χ4v) is 3.98. The lowest BCUT2D eigenvalue weighted by atomic mass is 10.0. The Morgan fingerprint density at radius 3 is 2.95 bits per heavy atom. The number of hydrogen-bond acceptors (Lipinski definition) is 4. The van der Waals surface area contributed by atoms with Gasteiger partial charge in [-0.1, -0.05) is 11.8 Å². The van der Waals surface area contributed by atoms with E-state index in [0.29, 0.717) is 0 Å². The zero-order valence-corrected chi connectivity index (χ0v) is 13.3. The van der Waals surface area contributed by atoms with E-state index in [1.807, 2.05) is 18.5 Å². The van der Waals surface area contributed by atoms with Crippen LogP contribution in [0.3, 0.4) is 0 Å². The summed E-state index contributed by atoms with van der Waals surface area (Å²) in [4.78, 5) is 8.90. The summed E-state index contributed by atoms with van der Waals surface area (Å²) < 4.78 is 7.76. The number of ether oxygens (including phenoxy) is 1. The minimum absolute atomic E-state index is 0.903. The lowest BCUT2D eigenvalue weighted by Gasteiger charge is -2.17. The molecule has 4 rings (SSSR count). The Morgan fingerprint density at radius 1 is 1.27 bits per heavy atom. The van der Waals surface area contributed by atoms with Crippen molar-refractivity contribution in [3.63, 3.8) is 0 Å². The Balaban J connectivity index is 1.71.